The summed E-state index contributed by atoms with van der Waals surface area (Å²) >= 11 is 0. The summed E-state index contributed by atoms with van der Waals surface area (Å²) in [4.78, 5) is 19.8. The normalized spacial score (nSPS) is 19.0. The lowest BCUT2D eigenvalue weighted by atomic mass is 9.88. The van der Waals surface area contributed by atoms with Gasteiger partial charge < -0.3 is 4.74 Å². The lowest BCUT2D eigenvalue weighted by Gasteiger charge is -2.41. The Bertz CT molecular complexity index is 990. The molecule has 0 spiro atoms. The first kappa shape index (κ1) is 19.2. The number of nitrogens with zero attached hydrogens (tertiary/aromatic N) is 4. The quantitative estimate of drug-likeness (QED) is 0.665. The van der Waals surface area contributed by atoms with Crippen LogP contribution in [0.3, 0.4) is 0 Å². The van der Waals surface area contributed by atoms with E-state index in [9.17, 15) is 4.79 Å². The van der Waals surface area contributed by atoms with Crippen LogP contribution in [0.4, 0.5) is 5.95 Å². The molecule has 1 aliphatic heterocycles. The molecule has 0 fully saturated rings. The van der Waals surface area contributed by atoms with Crippen LogP contribution in [-0.4, -0.2) is 27.8 Å². The van der Waals surface area contributed by atoms with Crippen molar-refractivity contribution < 1.29 is 9.53 Å². The minimum Gasteiger partial charge on any atom is -0.497 e. The zero-order valence-corrected chi connectivity index (χ0v) is 17.2. The second-order valence-electron chi connectivity index (χ2n) is 8.38. The van der Waals surface area contributed by atoms with Crippen molar-refractivity contribution in [2.75, 3.05) is 12.0 Å². The van der Waals surface area contributed by atoms with Crippen molar-refractivity contribution in [3.63, 3.8) is 0 Å². The molecule has 3 aromatic rings. The number of fused-ring (bicyclic) bond motifs is 1. The summed E-state index contributed by atoms with van der Waals surface area (Å²) in [5, 5.41) is 4.48. The molecule has 0 aliphatic carbocycles. The largest absolute Gasteiger partial charge is 0.497 e. The van der Waals surface area contributed by atoms with E-state index in [0.717, 1.165) is 16.9 Å². The molecule has 0 saturated heterocycles. The van der Waals surface area contributed by atoms with Crippen LogP contribution in [0.2, 0.25) is 0 Å². The summed E-state index contributed by atoms with van der Waals surface area (Å²) in [5.74, 6) is 1.41. The van der Waals surface area contributed by atoms with Crippen LogP contribution in [0, 0.1) is 5.41 Å². The summed E-state index contributed by atoms with van der Waals surface area (Å²) in [6.45, 7) is 5.80. The average molecular weight is 390 g/mol. The number of carbonyl (C=O) groups excluding carboxylic acids is 1. The molecule has 6 nitrogen and oxygen atoms in total. The highest BCUT2D eigenvalue weighted by Crippen LogP contribution is 2.43. The van der Waals surface area contributed by atoms with Crippen LogP contribution in [0.5, 0.6) is 5.75 Å². The maximum atomic E-state index is 13.5. The van der Waals surface area contributed by atoms with E-state index in [1.165, 1.54) is 6.33 Å². The Morgan fingerprint density at radius 3 is 2.28 bits per heavy atom. The van der Waals surface area contributed by atoms with Gasteiger partial charge in [0.1, 0.15) is 12.1 Å². The topological polar surface area (TPSA) is 60.2 Å². The van der Waals surface area contributed by atoms with Gasteiger partial charge in [-0.25, -0.2) is 4.68 Å². The zero-order valence-electron chi connectivity index (χ0n) is 17.2. The lowest BCUT2D eigenvalue weighted by Crippen LogP contribution is -2.47. The third kappa shape index (κ3) is 3.50. The van der Waals surface area contributed by atoms with Gasteiger partial charge in [-0.2, -0.15) is 10.1 Å². The first-order chi connectivity index (χ1) is 13.9. The van der Waals surface area contributed by atoms with Crippen LogP contribution in [0.25, 0.3) is 0 Å². The smallest absolute Gasteiger partial charge is 0.235 e. The van der Waals surface area contributed by atoms with Crippen molar-refractivity contribution in [3.05, 3.63) is 72.1 Å². The second kappa shape index (κ2) is 7.35. The van der Waals surface area contributed by atoms with Gasteiger partial charge in [-0.3, -0.25) is 9.69 Å². The van der Waals surface area contributed by atoms with Gasteiger partial charge in [-0.15, -0.1) is 0 Å². The molecule has 4 rings (SSSR count). The minimum absolute atomic E-state index is 0.00446. The highest BCUT2D eigenvalue weighted by Gasteiger charge is 2.42. The lowest BCUT2D eigenvalue weighted by molar-refractivity contribution is -0.126. The summed E-state index contributed by atoms with van der Waals surface area (Å²) in [6.07, 6.45) is 2.25. The maximum absolute atomic E-state index is 13.5. The third-order valence-electron chi connectivity index (χ3n) is 5.37. The summed E-state index contributed by atoms with van der Waals surface area (Å²) in [6, 6.07) is 18.1. The fourth-order valence-electron chi connectivity index (χ4n) is 3.85. The molecule has 1 aliphatic rings. The number of ether oxygens (including phenoxy) is 1. The number of hydrogen-bond donors (Lipinski definition) is 0. The van der Waals surface area contributed by atoms with Crippen molar-refractivity contribution in [1.29, 1.82) is 0 Å². The molecule has 2 heterocycles. The number of rotatable bonds is 3. The van der Waals surface area contributed by atoms with Crippen molar-refractivity contribution in [3.8, 4) is 5.75 Å². The fourth-order valence-corrected chi connectivity index (χ4v) is 3.85. The summed E-state index contributed by atoms with van der Waals surface area (Å²) in [5.41, 5.74) is 1.67. The Labute approximate surface area is 171 Å². The number of aromatic nitrogens is 3. The fraction of sp³-hybridized carbons (Fsp3) is 0.348. The standard InChI is InChI=1S/C23H26N4O2/c1-23(2,3)21(28)26-19(17-10-12-18(29-4)13-11-17)14-20(16-8-6-5-7-9-16)27-22(26)24-15-25-27/h5-13,15,19-20H,14H2,1-4H3/t19-,20-/m1/s1. The van der Waals surface area contributed by atoms with Gasteiger partial charge in [0.25, 0.3) is 0 Å². The van der Waals surface area contributed by atoms with Crippen LogP contribution in [-0.2, 0) is 4.79 Å². The van der Waals surface area contributed by atoms with Crippen LogP contribution < -0.4 is 9.64 Å². The Hall–Kier alpha value is -3.15. The van der Waals surface area contributed by atoms with E-state index < -0.39 is 5.41 Å². The van der Waals surface area contributed by atoms with Gasteiger partial charge in [0.2, 0.25) is 11.9 Å². The number of amides is 1. The van der Waals surface area contributed by atoms with E-state index in [4.69, 9.17) is 4.74 Å². The monoisotopic (exact) mass is 390 g/mol. The van der Waals surface area contributed by atoms with Gasteiger partial charge in [0, 0.05) is 5.41 Å². The summed E-state index contributed by atoms with van der Waals surface area (Å²) in [7, 11) is 1.65. The number of hydrogen-bond acceptors (Lipinski definition) is 4. The molecule has 150 valence electrons. The van der Waals surface area contributed by atoms with Crippen molar-refractivity contribution in [1.82, 2.24) is 14.8 Å². The molecule has 1 amide bonds. The molecular weight excluding hydrogens is 364 g/mol. The first-order valence-corrected chi connectivity index (χ1v) is 9.82. The molecule has 0 N–H and O–H groups in total. The van der Waals surface area contributed by atoms with Crippen LogP contribution >= 0.6 is 0 Å². The number of benzene rings is 2. The van der Waals surface area contributed by atoms with E-state index in [2.05, 4.69) is 22.2 Å². The molecular formula is C23H26N4O2. The minimum atomic E-state index is -0.541. The Morgan fingerprint density at radius 1 is 1.00 bits per heavy atom. The molecule has 0 saturated carbocycles. The summed E-state index contributed by atoms with van der Waals surface area (Å²) < 4.78 is 7.19. The van der Waals surface area contributed by atoms with Crippen LogP contribution in [0.15, 0.2) is 60.9 Å². The van der Waals surface area contributed by atoms with Gasteiger partial charge in [-0.1, -0.05) is 63.2 Å². The SMILES string of the molecule is COc1ccc([C@H]2C[C@H](c3ccccc3)n3ncnc3N2C(=O)C(C)(C)C)cc1. The van der Waals surface area contributed by atoms with Gasteiger partial charge in [-0.05, 0) is 29.7 Å². The average Bonchev–Trinajstić information content (AvgIpc) is 3.22. The molecule has 29 heavy (non-hydrogen) atoms. The predicted molar refractivity (Wildman–Crippen MR) is 112 cm³/mol. The predicted octanol–water partition coefficient (Wildman–Crippen LogP) is 4.40. The third-order valence-corrected chi connectivity index (χ3v) is 5.37. The molecule has 6 heteroatoms. The number of anilines is 1. The molecule has 0 bridgehead atoms. The van der Waals surface area contributed by atoms with Crippen molar-refractivity contribution in [2.24, 2.45) is 5.41 Å². The van der Waals surface area contributed by atoms with Crippen LogP contribution in [0.1, 0.15) is 50.4 Å². The first-order valence-electron chi connectivity index (χ1n) is 9.82. The molecule has 2 atom stereocenters. The van der Waals surface area contributed by atoms with E-state index in [-0.39, 0.29) is 18.0 Å². The second-order valence-corrected chi connectivity index (χ2v) is 8.38. The van der Waals surface area contributed by atoms with E-state index in [1.54, 1.807) is 7.11 Å². The van der Waals surface area contributed by atoms with Crippen molar-refractivity contribution in [2.45, 2.75) is 39.3 Å². The van der Waals surface area contributed by atoms with Gasteiger partial charge >= 0.3 is 0 Å². The van der Waals surface area contributed by atoms with Gasteiger partial charge in [0.15, 0.2) is 0 Å². The number of carbonyl (C=O) groups is 1. The Balaban J connectivity index is 1.84. The highest BCUT2D eigenvalue weighted by atomic mass is 16.5. The number of methoxy groups -OCH3 is 1. The van der Waals surface area contributed by atoms with Crippen molar-refractivity contribution >= 4 is 11.9 Å². The zero-order chi connectivity index (χ0) is 20.6. The van der Waals surface area contributed by atoms with E-state index in [0.29, 0.717) is 12.4 Å². The van der Waals surface area contributed by atoms with E-state index in [1.807, 2.05) is 72.8 Å². The Kier molecular flexibility index (Phi) is 4.86. The maximum Gasteiger partial charge on any atom is 0.235 e. The molecule has 2 aromatic carbocycles. The van der Waals surface area contributed by atoms with Gasteiger partial charge in [0.05, 0.1) is 19.2 Å². The molecule has 0 radical (unpaired) electrons. The van der Waals surface area contributed by atoms with E-state index >= 15 is 0 Å². The molecule has 1 aromatic heterocycles. The highest BCUT2D eigenvalue weighted by molar-refractivity contribution is 5.96. The molecule has 0 unspecified atom stereocenters. The Morgan fingerprint density at radius 2 is 1.66 bits per heavy atom.